The van der Waals surface area contributed by atoms with Crippen LogP contribution in [0.2, 0.25) is 5.02 Å². The predicted octanol–water partition coefficient (Wildman–Crippen LogP) is 3.21. The van der Waals surface area contributed by atoms with Crippen LogP contribution in [0.15, 0.2) is 22.7 Å². The molecule has 3 N–H and O–H groups in total. The van der Waals surface area contributed by atoms with Gasteiger partial charge in [-0.05, 0) is 28.1 Å². The minimum Gasteiger partial charge on any atom is -0.382 e. The smallest absolute Gasteiger partial charge is 0.148 e. The molecular formula is C9H6BrClFN3. The normalized spacial score (nSPS) is 10.6. The molecule has 0 saturated carbocycles. The third-order valence-corrected chi connectivity index (χ3v) is 2.84. The second-order valence-electron chi connectivity index (χ2n) is 2.92. The summed E-state index contributed by atoms with van der Waals surface area (Å²) in [5, 5.41) is 6.63. The highest BCUT2D eigenvalue weighted by Crippen LogP contribution is 2.33. The molecule has 1 aromatic heterocycles. The number of nitrogens with zero attached hydrogens (tertiary/aromatic N) is 1. The van der Waals surface area contributed by atoms with Gasteiger partial charge in [0.1, 0.15) is 11.6 Å². The van der Waals surface area contributed by atoms with Crippen molar-refractivity contribution >= 4 is 33.3 Å². The number of hydrogen-bond donors (Lipinski definition) is 2. The molecule has 0 saturated heterocycles. The highest BCUT2D eigenvalue weighted by molar-refractivity contribution is 9.10. The zero-order valence-corrected chi connectivity index (χ0v) is 9.73. The Labute approximate surface area is 98.6 Å². The van der Waals surface area contributed by atoms with Gasteiger partial charge in [-0.1, -0.05) is 11.6 Å². The molecule has 0 bridgehead atoms. The quantitative estimate of drug-likeness (QED) is 0.792. The summed E-state index contributed by atoms with van der Waals surface area (Å²) >= 11 is 8.98. The van der Waals surface area contributed by atoms with E-state index in [-0.39, 0.29) is 5.56 Å². The van der Waals surface area contributed by atoms with Crippen LogP contribution >= 0.6 is 27.5 Å². The number of hydrogen-bond acceptors (Lipinski definition) is 2. The van der Waals surface area contributed by atoms with Gasteiger partial charge >= 0.3 is 0 Å². The highest BCUT2D eigenvalue weighted by atomic mass is 79.9. The number of aromatic nitrogens is 2. The zero-order chi connectivity index (χ0) is 11.0. The summed E-state index contributed by atoms with van der Waals surface area (Å²) in [7, 11) is 0. The molecule has 0 atom stereocenters. The van der Waals surface area contributed by atoms with E-state index in [2.05, 4.69) is 26.1 Å². The molecule has 0 unspecified atom stereocenters. The first-order valence-electron chi connectivity index (χ1n) is 4.04. The van der Waals surface area contributed by atoms with E-state index in [9.17, 15) is 4.39 Å². The van der Waals surface area contributed by atoms with E-state index >= 15 is 0 Å². The molecule has 1 aromatic carbocycles. The van der Waals surface area contributed by atoms with E-state index < -0.39 is 5.82 Å². The van der Waals surface area contributed by atoms with Gasteiger partial charge in [0.2, 0.25) is 0 Å². The average molecular weight is 291 g/mol. The van der Waals surface area contributed by atoms with Crippen LogP contribution in [0.25, 0.3) is 11.3 Å². The second kappa shape index (κ2) is 3.83. The number of H-pyrrole nitrogens is 1. The van der Waals surface area contributed by atoms with Crippen molar-refractivity contribution in [2.24, 2.45) is 0 Å². The number of anilines is 1. The Balaban J connectivity index is 2.66. The van der Waals surface area contributed by atoms with Crippen molar-refractivity contribution in [2.45, 2.75) is 0 Å². The summed E-state index contributed by atoms with van der Waals surface area (Å²) in [5.74, 6) is -0.147. The molecule has 2 aromatic rings. The molecule has 0 spiro atoms. The number of rotatable bonds is 1. The number of halogens is 3. The van der Waals surface area contributed by atoms with E-state index in [0.717, 1.165) is 0 Å². The topological polar surface area (TPSA) is 54.7 Å². The molecule has 0 aliphatic rings. The molecule has 3 nitrogen and oxygen atoms in total. The lowest BCUT2D eigenvalue weighted by Crippen LogP contribution is -1.88. The van der Waals surface area contributed by atoms with Gasteiger partial charge in [0, 0.05) is 6.07 Å². The largest absolute Gasteiger partial charge is 0.382 e. The molecule has 78 valence electrons. The fourth-order valence-corrected chi connectivity index (χ4v) is 1.82. The number of nitrogens with two attached hydrogens (primary N) is 1. The Hall–Kier alpha value is -1.07. The number of benzene rings is 1. The van der Waals surface area contributed by atoms with Crippen molar-refractivity contribution in [2.75, 3.05) is 5.73 Å². The van der Waals surface area contributed by atoms with Gasteiger partial charge in [0.25, 0.3) is 0 Å². The van der Waals surface area contributed by atoms with Crippen molar-refractivity contribution in [1.29, 1.82) is 0 Å². The van der Waals surface area contributed by atoms with Crippen LogP contribution in [0, 0.1) is 5.82 Å². The molecule has 0 amide bonds. The summed E-state index contributed by atoms with van der Waals surface area (Å²) in [6.07, 6.45) is 0. The summed E-state index contributed by atoms with van der Waals surface area (Å²) in [4.78, 5) is 0. The maximum Gasteiger partial charge on any atom is 0.148 e. The molecule has 1 heterocycles. The lowest BCUT2D eigenvalue weighted by atomic mass is 10.1. The lowest BCUT2D eigenvalue weighted by molar-refractivity contribution is 0.624. The Morgan fingerprint density at radius 2 is 2.20 bits per heavy atom. The average Bonchev–Trinajstić information content (AvgIpc) is 2.59. The fourth-order valence-electron chi connectivity index (χ4n) is 1.24. The molecular weight excluding hydrogens is 284 g/mol. The zero-order valence-electron chi connectivity index (χ0n) is 7.39. The van der Waals surface area contributed by atoms with Gasteiger partial charge in [-0.15, -0.1) is 0 Å². The number of nitrogen functional groups attached to an aromatic ring is 1. The summed E-state index contributed by atoms with van der Waals surface area (Å²) in [6.45, 7) is 0. The van der Waals surface area contributed by atoms with Crippen LogP contribution in [0.3, 0.4) is 0 Å². The van der Waals surface area contributed by atoms with Crippen LogP contribution in [0.1, 0.15) is 0 Å². The number of aromatic amines is 1. The van der Waals surface area contributed by atoms with E-state index in [1.807, 2.05) is 0 Å². The predicted molar refractivity (Wildman–Crippen MR) is 61.1 cm³/mol. The molecule has 6 heteroatoms. The molecule has 0 aliphatic heterocycles. The van der Waals surface area contributed by atoms with Crippen molar-refractivity contribution in [1.82, 2.24) is 10.2 Å². The number of nitrogens with one attached hydrogen (secondary N) is 1. The third-order valence-electron chi connectivity index (χ3n) is 1.91. The van der Waals surface area contributed by atoms with E-state index in [1.165, 1.54) is 6.07 Å². The first-order chi connectivity index (χ1) is 7.09. The van der Waals surface area contributed by atoms with Gasteiger partial charge in [-0.25, -0.2) is 4.39 Å². The standard InChI is InChI=1S/C9H6BrClFN3/c10-4-1-2-5(11)8(9(4)12)6-3-7(13)15-14-6/h1-3H,(H3,13,14,15). The van der Waals surface area contributed by atoms with E-state index in [4.69, 9.17) is 17.3 Å². The van der Waals surface area contributed by atoms with Crippen LogP contribution < -0.4 is 5.73 Å². The van der Waals surface area contributed by atoms with Gasteiger partial charge < -0.3 is 5.73 Å². The van der Waals surface area contributed by atoms with Gasteiger partial charge in [-0.2, -0.15) is 5.10 Å². The molecule has 0 radical (unpaired) electrons. The maximum atomic E-state index is 13.7. The van der Waals surface area contributed by atoms with Crippen LogP contribution in [-0.2, 0) is 0 Å². The van der Waals surface area contributed by atoms with Crippen molar-refractivity contribution in [3.8, 4) is 11.3 Å². The Kier molecular flexibility index (Phi) is 2.67. The Bertz CT molecular complexity index is 512. The fraction of sp³-hybridized carbons (Fsp3) is 0. The summed E-state index contributed by atoms with van der Waals surface area (Å²) in [5.41, 5.74) is 6.15. The van der Waals surface area contributed by atoms with Crippen LogP contribution in [-0.4, -0.2) is 10.2 Å². The van der Waals surface area contributed by atoms with E-state index in [0.29, 0.717) is 21.0 Å². The first kappa shape index (κ1) is 10.4. The third kappa shape index (κ3) is 1.85. The minimum absolute atomic E-state index is 0.259. The van der Waals surface area contributed by atoms with Gasteiger partial charge in [0.15, 0.2) is 0 Å². The van der Waals surface area contributed by atoms with Crippen LogP contribution in [0.4, 0.5) is 10.2 Å². The van der Waals surface area contributed by atoms with Crippen molar-refractivity contribution in [3.63, 3.8) is 0 Å². The lowest BCUT2D eigenvalue weighted by Gasteiger charge is -2.04. The molecule has 0 fully saturated rings. The van der Waals surface area contributed by atoms with Gasteiger partial charge in [-0.3, -0.25) is 5.10 Å². The van der Waals surface area contributed by atoms with Crippen LogP contribution in [0.5, 0.6) is 0 Å². The second-order valence-corrected chi connectivity index (χ2v) is 4.19. The Morgan fingerprint density at radius 1 is 1.47 bits per heavy atom. The van der Waals surface area contributed by atoms with Crippen molar-refractivity contribution < 1.29 is 4.39 Å². The maximum absolute atomic E-state index is 13.7. The molecule has 15 heavy (non-hydrogen) atoms. The molecule has 0 aliphatic carbocycles. The molecule has 2 rings (SSSR count). The summed E-state index contributed by atoms with van der Waals surface area (Å²) < 4.78 is 14.1. The monoisotopic (exact) mass is 289 g/mol. The minimum atomic E-state index is -0.439. The summed E-state index contributed by atoms with van der Waals surface area (Å²) in [6, 6.07) is 4.67. The highest BCUT2D eigenvalue weighted by Gasteiger charge is 2.14. The van der Waals surface area contributed by atoms with Gasteiger partial charge in [0.05, 0.1) is 20.8 Å². The van der Waals surface area contributed by atoms with Crippen molar-refractivity contribution in [3.05, 3.63) is 33.5 Å². The SMILES string of the molecule is Nc1cc(-c2c(Cl)ccc(Br)c2F)[nH]n1. The Morgan fingerprint density at radius 3 is 2.80 bits per heavy atom. The van der Waals surface area contributed by atoms with E-state index in [1.54, 1.807) is 12.1 Å². The first-order valence-corrected chi connectivity index (χ1v) is 5.21.